The molecule has 4 N–H and O–H groups in total. The normalized spacial score (nSPS) is 57.6. The van der Waals surface area contributed by atoms with E-state index in [1.165, 1.54) is 25.8 Å². The molecule has 4 nitrogen and oxygen atoms in total. The van der Waals surface area contributed by atoms with Gasteiger partial charge in [0.1, 0.15) is 0 Å². The molecule has 4 bridgehead atoms. The lowest BCUT2D eigenvalue weighted by molar-refractivity contribution is 0.0970. The van der Waals surface area contributed by atoms with Crippen molar-refractivity contribution < 1.29 is 0 Å². The summed E-state index contributed by atoms with van der Waals surface area (Å²) in [6.07, 6.45) is 4.02. The van der Waals surface area contributed by atoms with Gasteiger partial charge >= 0.3 is 0 Å². The molecule has 0 aromatic rings. The molecule has 84 valence electrons. The maximum absolute atomic E-state index is 3.81. The summed E-state index contributed by atoms with van der Waals surface area (Å²) in [5.41, 5.74) is 0.335. The zero-order valence-corrected chi connectivity index (χ0v) is 9.05. The van der Waals surface area contributed by atoms with Gasteiger partial charge in [-0.1, -0.05) is 0 Å². The lowest BCUT2D eigenvalue weighted by Crippen LogP contribution is -2.77. The van der Waals surface area contributed by atoms with E-state index in [4.69, 9.17) is 0 Å². The standard InChI is InChI=1S/C11H20N4/c1-2-11(6-13-7(1)5-14-11)10-9-3-8(15-10)4-12-9/h7-10,12-15H,1-6H2. The number of piperidine rings is 2. The molecule has 0 aliphatic carbocycles. The van der Waals surface area contributed by atoms with Crippen LogP contribution in [0.25, 0.3) is 0 Å². The first-order chi connectivity index (χ1) is 7.36. The van der Waals surface area contributed by atoms with Crippen molar-refractivity contribution in [2.75, 3.05) is 19.6 Å². The molecule has 0 saturated carbocycles. The predicted molar refractivity (Wildman–Crippen MR) is 58.9 cm³/mol. The van der Waals surface area contributed by atoms with Gasteiger partial charge in [-0.3, -0.25) is 0 Å². The Morgan fingerprint density at radius 2 is 2.07 bits per heavy atom. The smallest absolute Gasteiger partial charge is 0.0477 e. The number of fused-ring (bicyclic) bond motifs is 5. The number of rotatable bonds is 1. The lowest BCUT2D eigenvalue weighted by Gasteiger charge is -2.53. The highest BCUT2D eigenvalue weighted by atomic mass is 15.3. The first-order valence-corrected chi connectivity index (χ1v) is 6.34. The SMILES string of the molecule is C1CC2(C3NC4CNC3C4)CNC1CN2. The van der Waals surface area contributed by atoms with E-state index in [1.807, 2.05) is 0 Å². The van der Waals surface area contributed by atoms with Crippen LogP contribution in [-0.4, -0.2) is 49.3 Å². The third-order valence-electron chi connectivity index (χ3n) is 4.92. The van der Waals surface area contributed by atoms with Crippen molar-refractivity contribution >= 4 is 0 Å². The first kappa shape index (κ1) is 8.93. The number of nitrogens with one attached hydrogen (secondary N) is 4. The van der Waals surface area contributed by atoms with Crippen molar-refractivity contribution in [1.82, 2.24) is 21.3 Å². The van der Waals surface area contributed by atoms with E-state index in [0.717, 1.165) is 25.2 Å². The molecule has 4 heteroatoms. The van der Waals surface area contributed by atoms with Crippen LogP contribution in [0.15, 0.2) is 0 Å². The fourth-order valence-corrected chi connectivity index (χ4v) is 4.04. The minimum absolute atomic E-state index is 0.335. The first-order valence-electron chi connectivity index (χ1n) is 6.34. The van der Waals surface area contributed by atoms with Gasteiger partial charge in [-0.2, -0.15) is 0 Å². The van der Waals surface area contributed by atoms with Gasteiger partial charge in [0.25, 0.3) is 0 Å². The van der Waals surface area contributed by atoms with E-state index in [0.29, 0.717) is 17.6 Å². The zero-order valence-electron chi connectivity index (χ0n) is 9.05. The molecule has 0 amide bonds. The minimum atomic E-state index is 0.335. The molecular weight excluding hydrogens is 188 g/mol. The zero-order chi connectivity index (χ0) is 9.88. The van der Waals surface area contributed by atoms with Crippen LogP contribution < -0.4 is 21.3 Å². The molecule has 5 rings (SSSR count). The fraction of sp³-hybridized carbons (Fsp3) is 1.00. The van der Waals surface area contributed by atoms with E-state index in [9.17, 15) is 0 Å². The van der Waals surface area contributed by atoms with Crippen LogP contribution in [0.1, 0.15) is 19.3 Å². The molecule has 0 aromatic carbocycles. The maximum Gasteiger partial charge on any atom is 0.0477 e. The van der Waals surface area contributed by atoms with Crippen molar-refractivity contribution in [3.63, 3.8) is 0 Å². The molecule has 0 radical (unpaired) electrons. The molecular formula is C11H20N4. The average molecular weight is 208 g/mol. The summed E-state index contributed by atoms with van der Waals surface area (Å²) in [4.78, 5) is 0. The molecule has 5 aliphatic rings. The van der Waals surface area contributed by atoms with Crippen LogP contribution in [-0.2, 0) is 0 Å². The highest BCUT2D eigenvalue weighted by Crippen LogP contribution is 2.34. The highest BCUT2D eigenvalue weighted by molar-refractivity contribution is 5.17. The molecule has 5 aliphatic heterocycles. The third kappa shape index (κ3) is 1.16. The van der Waals surface area contributed by atoms with Gasteiger partial charge in [-0.05, 0) is 19.3 Å². The fourth-order valence-electron chi connectivity index (χ4n) is 4.04. The van der Waals surface area contributed by atoms with Crippen LogP contribution in [0, 0.1) is 0 Å². The van der Waals surface area contributed by atoms with Crippen molar-refractivity contribution in [1.29, 1.82) is 0 Å². The van der Waals surface area contributed by atoms with E-state index in [-0.39, 0.29) is 0 Å². The summed E-state index contributed by atoms with van der Waals surface area (Å²) < 4.78 is 0. The second-order valence-electron chi connectivity index (χ2n) is 5.75. The minimum Gasteiger partial charge on any atom is -0.311 e. The Morgan fingerprint density at radius 3 is 2.60 bits per heavy atom. The maximum atomic E-state index is 3.81. The molecule has 5 heterocycles. The summed E-state index contributed by atoms with van der Waals surface area (Å²) in [6.45, 7) is 3.49. The van der Waals surface area contributed by atoms with Crippen LogP contribution in [0.3, 0.4) is 0 Å². The second-order valence-corrected chi connectivity index (χ2v) is 5.75. The second kappa shape index (κ2) is 2.94. The van der Waals surface area contributed by atoms with Crippen LogP contribution >= 0.6 is 0 Å². The molecule has 5 fully saturated rings. The van der Waals surface area contributed by atoms with E-state index in [1.54, 1.807) is 0 Å². The quantitative estimate of drug-likeness (QED) is 0.436. The van der Waals surface area contributed by atoms with E-state index < -0.39 is 0 Å². The van der Waals surface area contributed by atoms with Crippen molar-refractivity contribution in [3.05, 3.63) is 0 Å². The monoisotopic (exact) mass is 208 g/mol. The summed E-state index contributed by atoms with van der Waals surface area (Å²) in [5.74, 6) is 0. The molecule has 5 saturated heterocycles. The average Bonchev–Trinajstić information content (AvgIpc) is 2.93. The van der Waals surface area contributed by atoms with E-state index in [2.05, 4.69) is 21.3 Å². The molecule has 5 atom stereocenters. The van der Waals surface area contributed by atoms with Gasteiger partial charge in [0, 0.05) is 49.3 Å². The predicted octanol–water partition coefficient (Wildman–Crippen LogP) is -1.22. The Bertz CT molecular complexity index is 258. The largest absolute Gasteiger partial charge is 0.311 e. The Balaban J connectivity index is 1.60. The summed E-state index contributed by atoms with van der Waals surface area (Å²) >= 11 is 0. The highest BCUT2D eigenvalue weighted by Gasteiger charge is 2.53. The molecule has 0 aromatic heterocycles. The molecule has 0 spiro atoms. The van der Waals surface area contributed by atoms with Crippen molar-refractivity contribution in [2.24, 2.45) is 0 Å². The van der Waals surface area contributed by atoms with Gasteiger partial charge in [0.05, 0.1) is 0 Å². The number of hydrogen-bond acceptors (Lipinski definition) is 4. The van der Waals surface area contributed by atoms with Crippen molar-refractivity contribution in [2.45, 2.75) is 49.0 Å². The number of piperazine rings is 2. The van der Waals surface area contributed by atoms with Gasteiger partial charge < -0.3 is 21.3 Å². The number of hydrogen-bond donors (Lipinski definition) is 4. The van der Waals surface area contributed by atoms with Gasteiger partial charge in [0.15, 0.2) is 0 Å². The molecule has 15 heavy (non-hydrogen) atoms. The Kier molecular flexibility index (Phi) is 1.75. The van der Waals surface area contributed by atoms with E-state index >= 15 is 0 Å². The Hall–Kier alpha value is -0.160. The van der Waals surface area contributed by atoms with Crippen LogP contribution in [0.2, 0.25) is 0 Å². The summed E-state index contributed by atoms with van der Waals surface area (Å²) in [5, 5.41) is 14.9. The third-order valence-corrected chi connectivity index (χ3v) is 4.92. The summed E-state index contributed by atoms with van der Waals surface area (Å²) in [7, 11) is 0. The topological polar surface area (TPSA) is 48.1 Å². The summed E-state index contributed by atoms with van der Waals surface area (Å²) in [6, 6.07) is 2.82. The Labute approximate surface area is 90.6 Å². The lowest BCUT2D eigenvalue weighted by atomic mass is 9.75. The van der Waals surface area contributed by atoms with Crippen LogP contribution in [0.5, 0.6) is 0 Å². The molecule has 5 unspecified atom stereocenters. The van der Waals surface area contributed by atoms with Crippen molar-refractivity contribution in [3.8, 4) is 0 Å². The Morgan fingerprint density at radius 1 is 1.07 bits per heavy atom. The van der Waals surface area contributed by atoms with Gasteiger partial charge in [0.2, 0.25) is 0 Å². The van der Waals surface area contributed by atoms with Crippen LogP contribution in [0.4, 0.5) is 0 Å². The van der Waals surface area contributed by atoms with Gasteiger partial charge in [-0.15, -0.1) is 0 Å². The van der Waals surface area contributed by atoms with Gasteiger partial charge in [-0.25, -0.2) is 0 Å².